The fraction of sp³-hybridized carbons (Fsp3) is 0.571. The molecule has 1 N–H and O–H groups in total. The first-order valence-electron chi connectivity index (χ1n) is 6.49. The van der Waals surface area contributed by atoms with E-state index in [0.717, 1.165) is 25.2 Å². The van der Waals surface area contributed by atoms with Crippen LogP contribution in [0.1, 0.15) is 18.4 Å². The second-order valence-corrected chi connectivity index (χ2v) is 5.50. The number of hydrogen-bond acceptors (Lipinski definition) is 2. The first kappa shape index (κ1) is 13.8. The number of benzene rings is 1. The number of nitrogens with one attached hydrogen (secondary N) is 1. The van der Waals surface area contributed by atoms with Crippen LogP contribution in [0.2, 0.25) is 5.02 Å². The number of nitrogens with zero attached hydrogens (tertiary/aromatic N) is 1. The molecule has 0 bridgehead atoms. The lowest BCUT2D eigenvalue weighted by Gasteiger charge is -2.27. The molecule has 1 aliphatic rings. The minimum atomic E-state index is -0.332. The topological polar surface area (TPSA) is 15.3 Å². The molecular weight excluding hydrogens is 251 g/mol. The molecule has 0 saturated carbocycles. The first-order valence-corrected chi connectivity index (χ1v) is 6.87. The van der Waals surface area contributed by atoms with Gasteiger partial charge in [-0.15, -0.1) is 0 Å². The van der Waals surface area contributed by atoms with Crippen LogP contribution in [0.3, 0.4) is 0 Å². The second kappa shape index (κ2) is 6.50. The third-order valence-corrected chi connectivity index (χ3v) is 3.86. The minimum absolute atomic E-state index is 0.256. The van der Waals surface area contributed by atoms with Gasteiger partial charge >= 0.3 is 0 Å². The zero-order valence-corrected chi connectivity index (χ0v) is 11.5. The van der Waals surface area contributed by atoms with E-state index in [9.17, 15) is 4.39 Å². The molecule has 1 atom stereocenters. The Morgan fingerprint density at radius 1 is 1.50 bits per heavy atom. The largest absolute Gasteiger partial charge is 0.316 e. The molecule has 2 nitrogen and oxygen atoms in total. The van der Waals surface area contributed by atoms with E-state index in [2.05, 4.69) is 17.3 Å². The molecule has 1 saturated heterocycles. The molecule has 1 aromatic rings. The van der Waals surface area contributed by atoms with Gasteiger partial charge in [0.25, 0.3) is 0 Å². The number of hydrogen-bond donors (Lipinski definition) is 1. The number of rotatable bonds is 4. The minimum Gasteiger partial charge on any atom is -0.316 e. The zero-order chi connectivity index (χ0) is 13.0. The van der Waals surface area contributed by atoms with Crippen LogP contribution in [0, 0.1) is 11.7 Å². The van der Waals surface area contributed by atoms with Crippen LogP contribution in [0.15, 0.2) is 18.2 Å². The van der Waals surface area contributed by atoms with Crippen molar-refractivity contribution in [3.05, 3.63) is 34.6 Å². The Labute approximate surface area is 113 Å². The quantitative estimate of drug-likeness (QED) is 0.905. The van der Waals surface area contributed by atoms with Crippen LogP contribution < -0.4 is 5.32 Å². The molecule has 1 heterocycles. The van der Waals surface area contributed by atoms with Crippen molar-refractivity contribution in [2.24, 2.45) is 5.92 Å². The summed E-state index contributed by atoms with van der Waals surface area (Å²) in [6, 6.07) is 5.00. The maximum absolute atomic E-state index is 13.3. The first-order chi connectivity index (χ1) is 8.66. The van der Waals surface area contributed by atoms with E-state index in [1.165, 1.54) is 18.9 Å². The van der Waals surface area contributed by atoms with Crippen LogP contribution in [-0.2, 0) is 6.54 Å². The lowest BCUT2D eigenvalue weighted by atomic mass is 9.99. The smallest absolute Gasteiger partial charge is 0.142 e. The fourth-order valence-corrected chi connectivity index (χ4v) is 2.73. The Bertz CT molecular complexity index is 391. The molecule has 1 aromatic carbocycles. The highest BCUT2D eigenvalue weighted by atomic mass is 35.5. The van der Waals surface area contributed by atoms with Crippen molar-refractivity contribution in [1.29, 1.82) is 0 Å². The number of halogens is 2. The van der Waals surface area contributed by atoms with Gasteiger partial charge in [-0.1, -0.05) is 23.7 Å². The van der Waals surface area contributed by atoms with Gasteiger partial charge in [0.15, 0.2) is 0 Å². The Morgan fingerprint density at radius 2 is 2.33 bits per heavy atom. The molecule has 2 rings (SSSR count). The van der Waals surface area contributed by atoms with Crippen LogP contribution in [0.25, 0.3) is 0 Å². The predicted octanol–water partition coefficient (Wildman–Crippen LogP) is 2.91. The Morgan fingerprint density at radius 3 is 3.06 bits per heavy atom. The van der Waals surface area contributed by atoms with Gasteiger partial charge in [0, 0.05) is 13.1 Å². The van der Waals surface area contributed by atoms with Crippen LogP contribution >= 0.6 is 11.6 Å². The molecule has 1 aliphatic heterocycles. The van der Waals surface area contributed by atoms with Crippen molar-refractivity contribution in [1.82, 2.24) is 10.2 Å². The summed E-state index contributed by atoms with van der Waals surface area (Å²) < 4.78 is 13.3. The van der Waals surface area contributed by atoms with Gasteiger partial charge < -0.3 is 10.2 Å². The second-order valence-electron chi connectivity index (χ2n) is 5.12. The molecule has 18 heavy (non-hydrogen) atoms. The van der Waals surface area contributed by atoms with Gasteiger partial charge in [-0.2, -0.15) is 0 Å². The molecule has 0 radical (unpaired) electrons. The summed E-state index contributed by atoms with van der Waals surface area (Å²) in [5.74, 6) is 0.359. The van der Waals surface area contributed by atoms with Crippen molar-refractivity contribution in [3.8, 4) is 0 Å². The molecule has 0 aliphatic carbocycles. The monoisotopic (exact) mass is 270 g/mol. The van der Waals surface area contributed by atoms with Crippen LogP contribution in [0.4, 0.5) is 4.39 Å². The van der Waals surface area contributed by atoms with Gasteiger partial charge in [0.2, 0.25) is 0 Å². The maximum atomic E-state index is 13.3. The fourth-order valence-electron chi connectivity index (χ4n) is 2.55. The summed E-state index contributed by atoms with van der Waals surface area (Å²) in [5.41, 5.74) is 0.864. The summed E-state index contributed by atoms with van der Waals surface area (Å²) >= 11 is 5.97. The summed E-state index contributed by atoms with van der Waals surface area (Å²) in [6.07, 6.45) is 2.52. The van der Waals surface area contributed by atoms with Crippen molar-refractivity contribution < 1.29 is 4.39 Å². The summed E-state index contributed by atoms with van der Waals surface area (Å²) in [6.45, 7) is 3.95. The third kappa shape index (κ3) is 3.67. The van der Waals surface area contributed by atoms with Crippen LogP contribution in [0.5, 0.6) is 0 Å². The van der Waals surface area contributed by atoms with Gasteiger partial charge in [0.05, 0.1) is 5.02 Å². The van der Waals surface area contributed by atoms with Gasteiger partial charge in [0.1, 0.15) is 5.82 Å². The van der Waals surface area contributed by atoms with Crippen molar-refractivity contribution in [2.75, 3.05) is 26.7 Å². The molecule has 1 fully saturated rings. The average molecular weight is 271 g/mol. The summed E-state index contributed by atoms with van der Waals surface area (Å²) in [4.78, 5) is 2.22. The van der Waals surface area contributed by atoms with Crippen molar-refractivity contribution >= 4 is 11.6 Å². The van der Waals surface area contributed by atoms with E-state index in [1.807, 2.05) is 6.07 Å². The van der Waals surface area contributed by atoms with E-state index in [-0.39, 0.29) is 10.8 Å². The van der Waals surface area contributed by atoms with Crippen molar-refractivity contribution in [2.45, 2.75) is 19.4 Å². The molecule has 1 unspecified atom stereocenters. The molecular formula is C14H20ClFN2. The molecule has 0 aromatic heterocycles. The van der Waals surface area contributed by atoms with Gasteiger partial charge in [-0.25, -0.2) is 4.39 Å². The summed E-state index contributed by atoms with van der Waals surface area (Å²) in [5, 5.41) is 3.67. The van der Waals surface area contributed by atoms with E-state index in [0.29, 0.717) is 12.5 Å². The lowest BCUT2D eigenvalue weighted by molar-refractivity contribution is 0.237. The Kier molecular flexibility index (Phi) is 4.98. The zero-order valence-electron chi connectivity index (χ0n) is 10.8. The normalized spacial score (nSPS) is 20.3. The Hall–Kier alpha value is -0.640. The third-order valence-electron chi connectivity index (χ3n) is 3.44. The van der Waals surface area contributed by atoms with Gasteiger partial charge in [-0.3, -0.25) is 0 Å². The highest BCUT2D eigenvalue weighted by molar-refractivity contribution is 6.31. The Balaban J connectivity index is 1.90. The average Bonchev–Trinajstić information content (AvgIpc) is 2.36. The molecule has 0 spiro atoms. The predicted molar refractivity (Wildman–Crippen MR) is 73.3 cm³/mol. The molecule has 100 valence electrons. The molecule has 0 amide bonds. The highest BCUT2D eigenvalue weighted by Crippen LogP contribution is 2.21. The SMILES string of the molecule is CN(Cc1cccc(F)c1Cl)CC1CCCNC1. The van der Waals surface area contributed by atoms with E-state index >= 15 is 0 Å². The van der Waals surface area contributed by atoms with E-state index < -0.39 is 0 Å². The lowest BCUT2D eigenvalue weighted by Crippen LogP contribution is -2.36. The van der Waals surface area contributed by atoms with E-state index in [4.69, 9.17) is 11.6 Å². The standard InChI is InChI=1S/C14H20ClFN2/c1-18(9-11-4-3-7-17-8-11)10-12-5-2-6-13(16)14(12)15/h2,5-6,11,17H,3-4,7-10H2,1H3. The molecule has 4 heteroatoms. The number of piperidine rings is 1. The highest BCUT2D eigenvalue weighted by Gasteiger charge is 2.16. The maximum Gasteiger partial charge on any atom is 0.142 e. The van der Waals surface area contributed by atoms with Gasteiger partial charge in [-0.05, 0) is 50.5 Å². The van der Waals surface area contributed by atoms with E-state index in [1.54, 1.807) is 6.07 Å². The van der Waals surface area contributed by atoms with Crippen molar-refractivity contribution in [3.63, 3.8) is 0 Å². The van der Waals surface area contributed by atoms with Crippen LogP contribution in [-0.4, -0.2) is 31.6 Å². The summed E-state index contributed by atoms with van der Waals surface area (Å²) in [7, 11) is 2.07.